The summed E-state index contributed by atoms with van der Waals surface area (Å²) in [5, 5.41) is 0. The summed E-state index contributed by atoms with van der Waals surface area (Å²) in [4.78, 5) is 2.64. The van der Waals surface area contributed by atoms with Gasteiger partial charge in [0.1, 0.15) is 5.75 Å². The van der Waals surface area contributed by atoms with Crippen molar-refractivity contribution in [3.8, 4) is 5.75 Å². The van der Waals surface area contributed by atoms with E-state index >= 15 is 0 Å². The van der Waals surface area contributed by atoms with Crippen LogP contribution in [0.4, 0.5) is 0 Å². The van der Waals surface area contributed by atoms with Crippen LogP contribution in [0.5, 0.6) is 5.75 Å². The zero-order valence-electron chi connectivity index (χ0n) is 11.8. The predicted molar refractivity (Wildman–Crippen MR) is 77.6 cm³/mol. The van der Waals surface area contributed by atoms with E-state index in [1.807, 2.05) is 0 Å². The summed E-state index contributed by atoms with van der Waals surface area (Å²) in [5.41, 5.74) is 8.98. The first-order valence-electron chi connectivity index (χ1n) is 7.41. The largest absolute Gasteiger partial charge is 0.497 e. The fourth-order valence-electron chi connectivity index (χ4n) is 3.44. The molecule has 2 N–H and O–H groups in total. The molecule has 1 aromatic rings. The quantitative estimate of drug-likeness (QED) is 0.883. The lowest BCUT2D eigenvalue weighted by molar-refractivity contribution is 0.140. The number of hydrogen-bond donors (Lipinski definition) is 1. The van der Waals surface area contributed by atoms with Gasteiger partial charge in [-0.3, -0.25) is 4.90 Å². The van der Waals surface area contributed by atoms with Gasteiger partial charge < -0.3 is 10.5 Å². The first kappa shape index (κ1) is 12.9. The molecular formula is C16H24N2O. The van der Waals surface area contributed by atoms with Crippen molar-refractivity contribution in [3.63, 3.8) is 0 Å². The maximum Gasteiger partial charge on any atom is 0.119 e. The number of piperidine rings is 1. The molecule has 1 aliphatic carbocycles. The van der Waals surface area contributed by atoms with Crippen molar-refractivity contribution in [2.24, 2.45) is 5.73 Å². The van der Waals surface area contributed by atoms with Crippen LogP contribution < -0.4 is 10.5 Å². The van der Waals surface area contributed by atoms with E-state index in [2.05, 4.69) is 23.1 Å². The molecule has 19 heavy (non-hydrogen) atoms. The second kappa shape index (κ2) is 5.51. The molecule has 3 rings (SSSR count). The van der Waals surface area contributed by atoms with Gasteiger partial charge in [-0.2, -0.15) is 0 Å². The molecule has 1 heterocycles. The molecule has 104 valence electrons. The molecule has 0 bridgehead atoms. The lowest BCUT2D eigenvalue weighted by atomic mass is 9.86. The summed E-state index contributed by atoms with van der Waals surface area (Å²) < 4.78 is 5.34. The number of aryl methyl sites for hydroxylation is 1. The normalized spacial score (nSPS) is 25.1. The van der Waals surface area contributed by atoms with Gasteiger partial charge >= 0.3 is 0 Å². The third-order valence-electron chi connectivity index (χ3n) is 4.71. The number of fused-ring (bicyclic) bond motifs is 1. The molecule has 1 saturated heterocycles. The Labute approximate surface area is 115 Å². The minimum atomic E-state index is 0.423. The second-order valence-electron chi connectivity index (χ2n) is 5.90. The Morgan fingerprint density at radius 3 is 2.68 bits per heavy atom. The van der Waals surface area contributed by atoms with Crippen LogP contribution in [0.2, 0.25) is 0 Å². The van der Waals surface area contributed by atoms with Crippen LogP contribution in [0.1, 0.15) is 30.4 Å². The highest BCUT2D eigenvalue weighted by atomic mass is 16.5. The van der Waals surface area contributed by atoms with Crippen molar-refractivity contribution < 1.29 is 4.74 Å². The van der Waals surface area contributed by atoms with Gasteiger partial charge in [0.05, 0.1) is 7.11 Å². The SMILES string of the molecule is COc1ccc2c(c1)CC(N1CCC(N)CC1)CC2. The van der Waals surface area contributed by atoms with Gasteiger partial charge in [-0.1, -0.05) is 6.07 Å². The van der Waals surface area contributed by atoms with Crippen LogP contribution in [0.15, 0.2) is 18.2 Å². The molecule has 1 aliphatic heterocycles. The number of ether oxygens (including phenoxy) is 1. The van der Waals surface area contributed by atoms with Crippen LogP contribution in [0.25, 0.3) is 0 Å². The molecule has 2 aliphatic rings. The average molecular weight is 260 g/mol. The standard InChI is InChI=1S/C16H24N2O/c1-19-16-5-3-12-2-4-15(10-13(12)11-16)18-8-6-14(17)7-9-18/h3,5,11,14-15H,2,4,6-10,17H2,1H3. The maximum atomic E-state index is 6.00. The second-order valence-corrected chi connectivity index (χ2v) is 5.90. The zero-order chi connectivity index (χ0) is 13.2. The van der Waals surface area contributed by atoms with Crippen molar-refractivity contribution >= 4 is 0 Å². The Hall–Kier alpha value is -1.06. The van der Waals surface area contributed by atoms with Gasteiger partial charge in [0.2, 0.25) is 0 Å². The fourth-order valence-corrected chi connectivity index (χ4v) is 3.44. The molecule has 3 nitrogen and oxygen atoms in total. The average Bonchev–Trinajstić information content (AvgIpc) is 2.47. The van der Waals surface area contributed by atoms with Gasteiger partial charge in [-0.05, 0) is 68.5 Å². The molecule has 0 saturated carbocycles. The number of nitrogens with two attached hydrogens (primary N) is 1. The molecule has 0 amide bonds. The third kappa shape index (κ3) is 2.77. The van der Waals surface area contributed by atoms with E-state index in [0.29, 0.717) is 12.1 Å². The van der Waals surface area contributed by atoms with Gasteiger partial charge in [0, 0.05) is 12.1 Å². The Balaban J connectivity index is 1.70. The maximum absolute atomic E-state index is 6.00. The molecule has 1 aromatic carbocycles. The highest BCUT2D eigenvalue weighted by Gasteiger charge is 2.27. The van der Waals surface area contributed by atoms with Crippen molar-refractivity contribution in [2.75, 3.05) is 20.2 Å². The van der Waals surface area contributed by atoms with Crippen molar-refractivity contribution in [1.29, 1.82) is 0 Å². The van der Waals surface area contributed by atoms with Crippen molar-refractivity contribution in [1.82, 2.24) is 4.90 Å². The van der Waals surface area contributed by atoms with E-state index in [1.165, 1.54) is 43.5 Å². The smallest absolute Gasteiger partial charge is 0.119 e. The van der Waals surface area contributed by atoms with E-state index in [4.69, 9.17) is 10.5 Å². The Kier molecular flexibility index (Phi) is 3.76. The van der Waals surface area contributed by atoms with Crippen LogP contribution >= 0.6 is 0 Å². The number of methoxy groups -OCH3 is 1. The zero-order valence-corrected chi connectivity index (χ0v) is 11.8. The first-order chi connectivity index (χ1) is 9.26. The van der Waals surface area contributed by atoms with Crippen molar-refractivity contribution in [3.05, 3.63) is 29.3 Å². The summed E-state index contributed by atoms with van der Waals surface area (Å²) in [5.74, 6) is 0.986. The van der Waals surface area contributed by atoms with Crippen LogP contribution in [0, 0.1) is 0 Å². The Morgan fingerprint density at radius 2 is 1.95 bits per heavy atom. The van der Waals surface area contributed by atoms with E-state index in [-0.39, 0.29) is 0 Å². The monoisotopic (exact) mass is 260 g/mol. The highest BCUT2D eigenvalue weighted by Crippen LogP contribution is 2.29. The van der Waals surface area contributed by atoms with Crippen molar-refractivity contribution in [2.45, 2.75) is 44.2 Å². The van der Waals surface area contributed by atoms with E-state index in [1.54, 1.807) is 7.11 Å². The van der Waals surface area contributed by atoms with Gasteiger partial charge in [-0.25, -0.2) is 0 Å². The fraction of sp³-hybridized carbons (Fsp3) is 0.625. The number of likely N-dealkylation sites (tertiary alicyclic amines) is 1. The number of hydrogen-bond acceptors (Lipinski definition) is 3. The molecule has 0 spiro atoms. The van der Waals surface area contributed by atoms with E-state index < -0.39 is 0 Å². The lowest BCUT2D eigenvalue weighted by Gasteiger charge is -2.39. The minimum absolute atomic E-state index is 0.423. The molecular weight excluding hydrogens is 236 g/mol. The number of rotatable bonds is 2. The molecule has 3 heteroatoms. The Bertz CT molecular complexity index is 438. The summed E-state index contributed by atoms with van der Waals surface area (Å²) in [7, 11) is 1.74. The van der Waals surface area contributed by atoms with Crippen LogP contribution in [-0.2, 0) is 12.8 Å². The Morgan fingerprint density at radius 1 is 1.16 bits per heavy atom. The van der Waals surface area contributed by atoms with Crippen LogP contribution in [0.3, 0.4) is 0 Å². The first-order valence-corrected chi connectivity index (χ1v) is 7.41. The number of nitrogens with zero attached hydrogens (tertiary/aromatic N) is 1. The molecule has 1 atom stereocenters. The summed E-state index contributed by atoms with van der Waals surface area (Å²) in [6.07, 6.45) is 5.96. The number of benzene rings is 1. The highest BCUT2D eigenvalue weighted by molar-refractivity contribution is 5.37. The molecule has 1 unspecified atom stereocenters. The molecule has 1 fully saturated rings. The van der Waals surface area contributed by atoms with E-state index in [0.717, 1.165) is 18.6 Å². The molecule has 0 aromatic heterocycles. The third-order valence-corrected chi connectivity index (χ3v) is 4.71. The van der Waals surface area contributed by atoms with Gasteiger partial charge in [0.25, 0.3) is 0 Å². The summed E-state index contributed by atoms with van der Waals surface area (Å²) >= 11 is 0. The van der Waals surface area contributed by atoms with Gasteiger partial charge in [-0.15, -0.1) is 0 Å². The minimum Gasteiger partial charge on any atom is -0.497 e. The van der Waals surface area contributed by atoms with Gasteiger partial charge in [0.15, 0.2) is 0 Å². The topological polar surface area (TPSA) is 38.5 Å². The van der Waals surface area contributed by atoms with Crippen LogP contribution in [-0.4, -0.2) is 37.2 Å². The summed E-state index contributed by atoms with van der Waals surface area (Å²) in [6.45, 7) is 2.34. The molecule has 0 radical (unpaired) electrons. The summed E-state index contributed by atoms with van der Waals surface area (Å²) in [6, 6.07) is 7.66. The van der Waals surface area contributed by atoms with E-state index in [9.17, 15) is 0 Å². The lowest BCUT2D eigenvalue weighted by Crippen LogP contribution is -2.47. The predicted octanol–water partition coefficient (Wildman–Crippen LogP) is 1.98.